The van der Waals surface area contributed by atoms with E-state index in [9.17, 15) is 0 Å². The quantitative estimate of drug-likeness (QED) is 0.729. The minimum absolute atomic E-state index is 0.387. The number of fused-ring (bicyclic) bond motifs is 3. The zero-order chi connectivity index (χ0) is 14.3. The van der Waals surface area contributed by atoms with Crippen molar-refractivity contribution in [2.45, 2.75) is 26.7 Å². The van der Waals surface area contributed by atoms with Crippen LogP contribution in [-0.2, 0) is 0 Å². The molecule has 2 aliphatic rings. The SMILES string of the molecule is COc1ccc2c(c1)C1=C(C)CCC(C)=NN1C(Cl)=N2. The molecule has 2 heterocycles. The fourth-order valence-corrected chi connectivity index (χ4v) is 2.71. The van der Waals surface area contributed by atoms with Crippen LogP contribution in [0.15, 0.2) is 33.9 Å². The van der Waals surface area contributed by atoms with E-state index in [0.717, 1.165) is 41.3 Å². The lowest BCUT2D eigenvalue weighted by Gasteiger charge is -2.27. The Kier molecular flexibility index (Phi) is 3.26. The van der Waals surface area contributed by atoms with Crippen LogP contribution in [0.5, 0.6) is 5.75 Å². The minimum Gasteiger partial charge on any atom is -0.497 e. The van der Waals surface area contributed by atoms with Gasteiger partial charge in [-0.1, -0.05) is 0 Å². The summed E-state index contributed by atoms with van der Waals surface area (Å²) in [5.74, 6) is 0.808. The van der Waals surface area contributed by atoms with Crippen LogP contribution in [0.25, 0.3) is 5.70 Å². The zero-order valence-electron chi connectivity index (χ0n) is 11.8. The van der Waals surface area contributed by atoms with Crippen LogP contribution >= 0.6 is 11.6 Å². The van der Waals surface area contributed by atoms with Crippen LogP contribution in [0.4, 0.5) is 5.69 Å². The fraction of sp³-hybridized carbons (Fsp3) is 0.333. The van der Waals surface area contributed by atoms with Crippen molar-refractivity contribution >= 4 is 34.0 Å². The molecule has 0 amide bonds. The summed E-state index contributed by atoms with van der Waals surface area (Å²) in [6, 6.07) is 5.81. The van der Waals surface area contributed by atoms with Crippen molar-refractivity contribution in [2.75, 3.05) is 7.11 Å². The van der Waals surface area contributed by atoms with Crippen LogP contribution < -0.4 is 4.74 Å². The molecule has 0 unspecified atom stereocenters. The van der Waals surface area contributed by atoms with E-state index in [0.29, 0.717) is 5.29 Å². The molecule has 104 valence electrons. The summed E-state index contributed by atoms with van der Waals surface area (Å²) in [4.78, 5) is 4.43. The van der Waals surface area contributed by atoms with Crippen LogP contribution in [0.1, 0.15) is 32.3 Å². The molecule has 0 aliphatic carbocycles. The number of nitrogens with zero attached hydrogens (tertiary/aromatic N) is 3. The molecular formula is C15H16ClN3O. The molecule has 0 spiro atoms. The van der Waals surface area contributed by atoms with Crippen molar-refractivity contribution in [3.8, 4) is 5.75 Å². The first-order chi connectivity index (χ1) is 9.60. The van der Waals surface area contributed by atoms with E-state index in [1.54, 1.807) is 12.1 Å². The molecule has 0 radical (unpaired) electrons. The number of methoxy groups -OCH3 is 1. The second-order valence-corrected chi connectivity index (χ2v) is 5.38. The molecule has 0 aromatic heterocycles. The van der Waals surface area contributed by atoms with Gasteiger partial charge in [0, 0.05) is 11.3 Å². The first-order valence-electron chi connectivity index (χ1n) is 6.56. The molecular weight excluding hydrogens is 274 g/mol. The summed E-state index contributed by atoms with van der Waals surface area (Å²) >= 11 is 6.30. The molecule has 0 saturated carbocycles. The lowest BCUT2D eigenvalue weighted by atomic mass is 10.0. The van der Waals surface area contributed by atoms with Crippen LogP contribution in [0.2, 0.25) is 0 Å². The predicted molar refractivity (Wildman–Crippen MR) is 82.7 cm³/mol. The number of aliphatic imine (C=N–C) groups is 1. The van der Waals surface area contributed by atoms with Crippen molar-refractivity contribution in [1.82, 2.24) is 5.01 Å². The second-order valence-electron chi connectivity index (χ2n) is 5.04. The fourth-order valence-electron chi connectivity index (χ4n) is 2.49. The van der Waals surface area contributed by atoms with Gasteiger partial charge >= 0.3 is 0 Å². The second kappa shape index (κ2) is 4.94. The van der Waals surface area contributed by atoms with Gasteiger partial charge in [0.15, 0.2) is 0 Å². The standard InChI is InChI=1S/C15H16ClN3O/c1-9-4-5-10(2)18-19-14(9)12-8-11(20-3)6-7-13(12)17-15(19)16/h6-8H,4-5H2,1-3H3. The van der Waals surface area contributed by atoms with E-state index in [2.05, 4.69) is 17.0 Å². The first-order valence-corrected chi connectivity index (χ1v) is 6.94. The number of halogens is 1. The van der Waals surface area contributed by atoms with Gasteiger partial charge in [-0.05, 0) is 62.1 Å². The van der Waals surface area contributed by atoms with Crippen molar-refractivity contribution < 1.29 is 4.74 Å². The van der Waals surface area contributed by atoms with E-state index in [-0.39, 0.29) is 0 Å². The van der Waals surface area contributed by atoms with Gasteiger partial charge in [-0.2, -0.15) is 5.10 Å². The molecule has 20 heavy (non-hydrogen) atoms. The van der Waals surface area contributed by atoms with Gasteiger partial charge in [-0.25, -0.2) is 10.0 Å². The van der Waals surface area contributed by atoms with Gasteiger partial charge in [0.2, 0.25) is 5.29 Å². The molecule has 1 aromatic rings. The maximum absolute atomic E-state index is 6.30. The third-order valence-electron chi connectivity index (χ3n) is 3.59. The molecule has 4 nitrogen and oxygen atoms in total. The van der Waals surface area contributed by atoms with Gasteiger partial charge in [0.1, 0.15) is 5.75 Å². The summed E-state index contributed by atoms with van der Waals surface area (Å²) in [5.41, 5.74) is 5.21. The number of hydrogen-bond acceptors (Lipinski definition) is 4. The molecule has 0 bridgehead atoms. The lowest BCUT2D eigenvalue weighted by molar-refractivity contribution is 0.414. The third-order valence-corrected chi connectivity index (χ3v) is 3.84. The number of hydrogen-bond donors (Lipinski definition) is 0. The molecule has 5 heteroatoms. The van der Waals surface area contributed by atoms with Gasteiger partial charge in [-0.15, -0.1) is 0 Å². The largest absolute Gasteiger partial charge is 0.497 e. The summed E-state index contributed by atoms with van der Waals surface area (Å²) in [6.45, 7) is 4.14. The third kappa shape index (κ3) is 2.10. The predicted octanol–water partition coefficient (Wildman–Crippen LogP) is 4.14. The first kappa shape index (κ1) is 13.2. The van der Waals surface area contributed by atoms with Crippen molar-refractivity contribution in [3.63, 3.8) is 0 Å². The molecule has 2 aliphatic heterocycles. The number of ether oxygens (including phenoxy) is 1. The van der Waals surface area contributed by atoms with E-state index >= 15 is 0 Å². The molecule has 0 fully saturated rings. The highest BCUT2D eigenvalue weighted by atomic mass is 35.5. The number of rotatable bonds is 1. The van der Waals surface area contributed by atoms with Gasteiger partial charge in [0.05, 0.1) is 18.5 Å². The molecule has 3 rings (SSSR count). The van der Waals surface area contributed by atoms with Crippen LogP contribution in [0, 0.1) is 0 Å². The van der Waals surface area contributed by atoms with Crippen molar-refractivity contribution in [2.24, 2.45) is 10.1 Å². The highest BCUT2D eigenvalue weighted by Crippen LogP contribution is 2.40. The molecule has 1 aromatic carbocycles. The monoisotopic (exact) mass is 289 g/mol. The van der Waals surface area contributed by atoms with E-state index < -0.39 is 0 Å². The Hall–Kier alpha value is -1.81. The number of hydrazone groups is 1. The van der Waals surface area contributed by atoms with Gasteiger partial charge in [0.25, 0.3) is 0 Å². The Morgan fingerprint density at radius 2 is 2.05 bits per heavy atom. The average Bonchev–Trinajstić information content (AvgIpc) is 2.59. The maximum Gasteiger partial charge on any atom is 0.224 e. The van der Waals surface area contributed by atoms with E-state index in [4.69, 9.17) is 16.3 Å². The number of allylic oxidation sites excluding steroid dienone is 1. The highest BCUT2D eigenvalue weighted by Gasteiger charge is 2.27. The average molecular weight is 290 g/mol. The summed E-state index contributed by atoms with van der Waals surface area (Å²) in [5, 5.41) is 6.70. The normalized spacial score (nSPS) is 17.9. The smallest absolute Gasteiger partial charge is 0.224 e. The topological polar surface area (TPSA) is 37.2 Å². The Labute approximate surface area is 123 Å². The van der Waals surface area contributed by atoms with Crippen LogP contribution in [0.3, 0.4) is 0 Å². The summed E-state index contributed by atoms with van der Waals surface area (Å²) < 4.78 is 5.32. The highest BCUT2D eigenvalue weighted by molar-refractivity contribution is 6.65. The Bertz CT molecular complexity index is 661. The number of benzene rings is 1. The number of amidine groups is 1. The maximum atomic E-state index is 6.30. The Morgan fingerprint density at radius 3 is 2.80 bits per heavy atom. The molecule has 0 atom stereocenters. The minimum atomic E-state index is 0.387. The summed E-state index contributed by atoms with van der Waals surface area (Å²) in [6.07, 6.45) is 1.91. The lowest BCUT2D eigenvalue weighted by Crippen LogP contribution is -2.24. The van der Waals surface area contributed by atoms with E-state index in [1.807, 2.05) is 25.1 Å². The zero-order valence-corrected chi connectivity index (χ0v) is 12.5. The van der Waals surface area contributed by atoms with Crippen molar-refractivity contribution in [3.05, 3.63) is 29.3 Å². The Balaban J connectivity index is 2.25. The Morgan fingerprint density at radius 1 is 1.25 bits per heavy atom. The van der Waals surface area contributed by atoms with Crippen molar-refractivity contribution in [1.29, 1.82) is 0 Å². The van der Waals surface area contributed by atoms with Gasteiger partial charge < -0.3 is 4.74 Å². The molecule has 0 N–H and O–H groups in total. The summed E-state index contributed by atoms with van der Waals surface area (Å²) in [7, 11) is 1.66. The molecule has 0 saturated heterocycles. The van der Waals surface area contributed by atoms with E-state index in [1.165, 1.54) is 5.57 Å². The van der Waals surface area contributed by atoms with Gasteiger partial charge in [-0.3, -0.25) is 0 Å². The van der Waals surface area contributed by atoms with Crippen LogP contribution in [-0.4, -0.2) is 23.1 Å².